The first-order valence-corrected chi connectivity index (χ1v) is 6.48. The molecule has 1 aromatic rings. The standard InChI is InChI=1S/C7H2ClI3O/c8-7(12)4-1-3(9)2-5(10)6(4)11/h1-2H. The predicted octanol–water partition coefficient (Wildman–Crippen LogP) is 3.88. The molecule has 0 atom stereocenters. The molecule has 0 spiro atoms. The Bertz CT molecular complexity index is 338. The summed E-state index contributed by atoms with van der Waals surface area (Å²) in [6.07, 6.45) is 0. The van der Waals surface area contributed by atoms with Crippen molar-refractivity contribution in [3.8, 4) is 0 Å². The zero-order valence-electron chi connectivity index (χ0n) is 5.57. The van der Waals surface area contributed by atoms with E-state index in [1.165, 1.54) is 0 Å². The fraction of sp³-hybridized carbons (Fsp3) is 0. The van der Waals surface area contributed by atoms with Crippen molar-refractivity contribution in [2.45, 2.75) is 0 Å². The maximum atomic E-state index is 10.9. The fourth-order valence-electron chi connectivity index (χ4n) is 0.699. The Kier molecular flexibility index (Phi) is 4.52. The van der Waals surface area contributed by atoms with Crippen LogP contribution in [0, 0.1) is 10.7 Å². The maximum absolute atomic E-state index is 10.9. The Labute approximate surface area is 116 Å². The molecule has 0 aliphatic carbocycles. The van der Waals surface area contributed by atoms with Gasteiger partial charge in [0.2, 0.25) is 0 Å². The van der Waals surface area contributed by atoms with Gasteiger partial charge in [0, 0.05) is 16.3 Å². The number of rotatable bonds is 1. The van der Waals surface area contributed by atoms with Gasteiger partial charge in [0.25, 0.3) is 5.24 Å². The topological polar surface area (TPSA) is 17.1 Å². The third-order valence-electron chi connectivity index (χ3n) is 1.20. The minimum atomic E-state index is -0.393. The normalized spacial score (nSPS) is 10.0. The highest BCUT2D eigenvalue weighted by Crippen LogP contribution is 2.23. The molecule has 0 amide bonds. The van der Waals surface area contributed by atoms with Crippen molar-refractivity contribution < 1.29 is 4.79 Å². The van der Waals surface area contributed by atoms with E-state index in [-0.39, 0.29) is 0 Å². The molecule has 0 aromatic heterocycles. The molecular formula is C7H2ClI3O. The van der Waals surface area contributed by atoms with Crippen LogP contribution in [0.5, 0.6) is 0 Å². The van der Waals surface area contributed by atoms with Crippen molar-refractivity contribution in [3.05, 3.63) is 28.4 Å². The minimum Gasteiger partial charge on any atom is -0.276 e. The first kappa shape index (κ1) is 11.4. The van der Waals surface area contributed by atoms with Crippen LogP contribution >= 0.6 is 79.4 Å². The van der Waals surface area contributed by atoms with E-state index < -0.39 is 5.24 Å². The Hall–Kier alpha value is 1.37. The molecule has 1 nitrogen and oxygen atoms in total. The summed E-state index contributed by atoms with van der Waals surface area (Å²) < 4.78 is 3.01. The molecule has 5 heteroatoms. The van der Waals surface area contributed by atoms with Crippen molar-refractivity contribution in [3.63, 3.8) is 0 Å². The lowest BCUT2D eigenvalue weighted by Crippen LogP contribution is -1.96. The average molecular weight is 518 g/mol. The van der Waals surface area contributed by atoms with Crippen molar-refractivity contribution in [2.24, 2.45) is 0 Å². The SMILES string of the molecule is O=C(Cl)c1cc(I)cc(I)c1I. The van der Waals surface area contributed by atoms with Crippen molar-refractivity contribution in [1.29, 1.82) is 0 Å². The van der Waals surface area contributed by atoms with Crippen LogP contribution in [0.25, 0.3) is 0 Å². The third-order valence-corrected chi connectivity index (χ3v) is 5.08. The number of hydrogen-bond acceptors (Lipinski definition) is 1. The summed E-state index contributed by atoms with van der Waals surface area (Å²) in [5.41, 5.74) is 0.591. The first-order valence-electron chi connectivity index (χ1n) is 2.86. The molecule has 0 saturated carbocycles. The number of carbonyl (C=O) groups excluding carboxylic acids is 1. The van der Waals surface area contributed by atoms with E-state index in [2.05, 4.69) is 67.8 Å². The molecule has 0 aliphatic rings. The van der Waals surface area contributed by atoms with Gasteiger partial charge in [0.15, 0.2) is 0 Å². The summed E-state index contributed by atoms with van der Waals surface area (Å²) in [6, 6.07) is 3.80. The Morgan fingerprint density at radius 2 is 1.83 bits per heavy atom. The van der Waals surface area contributed by atoms with Crippen LogP contribution in [0.2, 0.25) is 0 Å². The van der Waals surface area contributed by atoms with Gasteiger partial charge in [-0.2, -0.15) is 0 Å². The highest BCUT2D eigenvalue weighted by Gasteiger charge is 2.10. The number of benzene rings is 1. The summed E-state index contributed by atoms with van der Waals surface area (Å²) in [5.74, 6) is 0. The van der Waals surface area contributed by atoms with E-state index in [0.717, 1.165) is 10.7 Å². The molecule has 1 rings (SSSR count). The Balaban J connectivity index is 3.37. The van der Waals surface area contributed by atoms with Gasteiger partial charge >= 0.3 is 0 Å². The lowest BCUT2D eigenvalue weighted by atomic mass is 10.2. The molecule has 1 aromatic carbocycles. The zero-order chi connectivity index (χ0) is 9.30. The average Bonchev–Trinajstić information content (AvgIpc) is 1.96. The van der Waals surface area contributed by atoms with E-state index in [1.807, 2.05) is 6.07 Å². The number of hydrogen-bond donors (Lipinski definition) is 0. The molecule has 64 valence electrons. The predicted molar refractivity (Wildman–Crippen MR) is 74.8 cm³/mol. The van der Waals surface area contributed by atoms with Crippen LogP contribution in [0.3, 0.4) is 0 Å². The third kappa shape index (κ3) is 2.68. The van der Waals surface area contributed by atoms with Crippen LogP contribution in [0.15, 0.2) is 12.1 Å². The minimum absolute atomic E-state index is 0.393. The fourth-order valence-corrected chi connectivity index (χ4v) is 3.41. The van der Waals surface area contributed by atoms with E-state index in [9.17, 15) is 4.79 Å². The highest BCUT2D eigenvalue weighted by atomic mass is 127. The van der Waals surface area contributed by atoms with Gasteiger partial charge in [0.1, 0.15) is 0 Å². The summed E-state index contributed by atoms with van der Waals surface area (Å²) in [4.78, 5) is 10.9. The molecular weight excluding hydrogens is 516 g/mol. The molecule has 12 heavy (non-hydrogen) atoms. The largest absolute Gasteiger partial charge is 0.276 e. The lowest BCUT2D eigenvalue weighted by molar-refractivity contribution is 0.108. The maximum Gasteiger partial charge on any atom is 0.253 e. The molecule has 0 bridgehead atoms. The van der Waals surface area contributed by atoms with Crippen LogP contribution in [-0.2, 0) is 0 Å². The van der Waals surface area contributed by atoms with Gasteiger partial charge in [0.05, 0.1) is 0 Å². The second kappa shape index (κ2) is 4.74. The molecule has 0 aliphatic heterocycles. The van der Waals surface area contributed by atoms with E-state index in [1.54, 1.807) is 6.07 Å². The number of carbonyl (C=O) groups is 1. The monoisotopic (exact) mass is 518 g/mol. The van der Waals surface area contributed by atoms with Crippen LogP contribution in [-0.4, -0.2) is 5.24 Å². The quantitative estimate of drug-likeness (QED) is 0.314. The van der Waals surface area contributed by atoms with E-state index in [0.29, 0.717) is 5.56 Å². The molecule has 0 fully saturated rings. The first-order chi connectivity index (χ1) is 5.52. The molecule has 0 saturated heterocycles. The molecule has 0 heterocycles. The van der Waals surface area contributed by atoms with Crippen LogP contribution in [0.1, 0.15) is 10.4 Å². The van der Waals surface area contributed by atoms with Crippen molar-refractivity contribution >= 4 is 84.6 Å². The second-order valence-corrected chi connectivity index (χ2v) is 5.85. The zero-order valence-corrected chi connectivity index (χ0v) is 12.8. The van der Waals surface area contributed by atoms with E-state index >= 15 is 0 Å². The smallest absolute Gasteiger partial charge is 0.253 e. The van der Waals surface area contributed by atoms with Gasteiger partial charge < -0.3 is 0 Å². The Morgan fingerprint density at radius 1 is 1.25 bits per heavy atom. The second-order valence-electron chi connectivity index (χ2n) is 2.02. The highest BCUT2D eigenvalue weighted by molar-refractivity contribution is 14.1. The van der Waals surface area contributed by atoms with Gasteiger partial charge in [-0.3, -0.25) is 4.79 Å². The van der Waals surface area contributed by atoms with Crippen LogP contribution < -0.4 is 0 Å². The summed E-state index contributed by atoms with van der Waals surface area (Å²) in [6.45, 7) is 0. The summed E-state index contributed by atoms with van der Waals surface area (Å²) in [5, 5.41) is -0.393. The van der Waals surface area contributed by atoms with E-state index in [4.69, 9.17) is 11.6 Å². The van der Waals surface area contributed by atoms with Crippen LogP contribution in [0.4, 0.5) is 0 Å². The van der Waals surface area contributed by atoms with Gasteiger partial charge in [-0.1, -0.05) is 0 Å². The Morgan fingerprint density at radius 3 is 2.33 bits per heavy atom. The van der Waals surface area contributed by atoms with Gasteiger partial charge in [-0.15, -0.1) is 0 Å². The molecule has 0 unspecified atom stereocenters. The van der Waals surface area contributed by atoms with Crippen molar-refractivity contribution in [2.75, 3.05) is 0 Å². The van der Waals surface area contributed by atoms with Crippen molar-refractivity contribution in [1.82, 2.24) is 0 Å². The number of halogens is 4. The molecule has 0 N–H and O–H groups in total. The lowest BCUT2D eigenvalue weighted by Gasteiger charge is -2.02. The summed E-state index contributed by atoms with van der Waals surface area (Å²) >= 11 is 11.9. The summed E-state index contributed by atoms with van der Waals surface area (Å²) in [7, 11) is 0. The van der Waals surface area contributed by atoms with Gasteiger partial charge in [-0.05, 0) is 91.5 Å². The molecule has 0 radical (unpaired) electrons. The van der Waals surface area contributed by atoms with Gasteiger partial charge in [-0.25, -0.2) is 0 Å².